The van der Waals surface area contributed by atoms with Crippen molar-refractivity contribution in [2.45, 2.75) is 104 Å². The maximum atomic E-state index is 13.4. The number of esters is 4. The third-order valence-corrected chi connectivity index (χ3v) is 9.89. The van der Waals surface area contributed by atoms with E-state index in [9.17, 15) is 29.4 Å². The van der Waals surface area contributed by atoms with E-state index in [2.05, 4.69) is 6.58 Å². The number of hydrogen-bond acceptors (Lipinski definition) is 10. The number of carbonyl (C=O) groups is 4. The van der Waals surface area contributed by atoms with Crippen LogP contribution in [0.25, 0.3) is 0 Å². The smallest absolute Gasteiger partial charge is 0.338 e. The fourth-order valence-electron chi connectivity index (χ4n) is 7.51. The van der Waals surface area contributed by atoms with Crippen molar-refractivity contribution in [2.24, 2.45) is 16.7 Å². The number of carbonyl (C=O) groups excluding carboxylic acids is 4. The van der Waals surface area contributed by atoms with Crippen LogP contribution in [0.4, 0.5) is 0 Å². The van der Waals surface area contributed by atoms with Crippen LogP contribution in [0.1, 0.15) is 78.1 Å². The summed E-state index contributed by atoms with van der Waals surface area (Å²) in [5.41, 5.74) is -2.37. The number of hydrogen-bond donors (Lipinski definition) is 2. The molecule has 10 heteroatoms. The van der Waals surface area contributed by atoms with Gasteiger partial charge in [-0.25, -0.2) is 4.79 Å². The van der Waals surface area contributed by atoms with Crippen LogP contribution in [0.2, 0.25) is 0 Å². The average molecular weight is 599 g/mol. The van der Waals surface area contributed by atoms with Gasteiger partial charge in [0.1, 0.15) is 12.2 Å². The standard InChI is InChI=1S/C33H42O10/c1-17-23-15-33(39)16-25(40-19(3)34)18(2)27(31(33,6)7)28(41-20(4)35)29(42-21(5)36)32(23,8)26(14-24(17)37)43-30(38)22-12-10-9-11-13-22/h9-13,23-26,28-29,37,39H,1,14-16H2,2-8H3/t23-,24+,25+,26+,28-,29+,32-,33+/m1/s1. The van der Waals surface area contributed by atoms with E-state index in [1.54, 1.807) is 58.0 Å². The first-order valence-electron chi connectivity index (χ1n) is 14.5. The molecular formula is C33H42O10. The number of fused-ring (bicyclic) bond motifs is 3. The predicted octanol–water partition coefficient (Wildman–Crippen LogP) is 3.83. The molecule has 2 saturated carbocycles. The summed E-state index contributed by atoms with van der Waals surface area (Å²) in [6.45, 7) is 15.0. The Balaban J connectivity index is 2.01. The molecule has 0 saturated heterocycles. The second-order valence-corrected chi connectivity index (χ2v) is 12.8. The zero-order valence-corrected chi connectivity index (χ0v) is 25.8. The van der Waals surface area contributed by atoms with Crippen LogP contribution in [0.3, 0.4) is 0 Å². The van der Waals surface area contributed by atoms with E-state index in [1.807, 2.05) is 0 Å². The Labute approximate surface area is 252 Å². The van der Waals surface area contributed by atoms with Crippen LogP contribution in [-0.2, 0) is 33.3 Å². The molecule has 10 nitrogen and oxygen atoms in total. The van der Waals surface area contributed by atoms with Gasteiger partial charge in [0.15, 0.2) is 12.2 Å². The molecule has 4 rings (SSSR count). The minimum Gasteiger partial charge on any atom is -0.458 e. The molecule has 0 radical (unpaired) electrons. The SMILES string of the molecule is C=C1[C@H]2C[C@]3(O)C[C@H](OC(C)=O)C(C)=C([C@@H](OC(C)=O)[C@H](OC(C)=O)[C@@]2(C)[C@@H](OC(=O)c2ccccc2)C[C@@H]1O)C3(C)C. The largest absolute Gasteiger partial charge is 0.458 e. The molecule has 8 atom stereocenters. The lowest BCUT2D eigenvalue weighted by molar-refractivity contribution is -0.218. The van der Waals surface area contributed by atoms with Crippen LogP contribution in [0.15, 0.2) is 53.6 Å². The van der Waals surface area contributed by atoms with Gasteiger partial charge in [-0.05, 0) is 48.1 Å². The minimum atomic E-state index is -1.58. The molecule has 3 aliphatic carbocycles. The summed E-state index contributed by atoms with van der Waals surface area (Å²) < 4.78 is 23.8. The highest BCUT2D eigenvalue weighted by atomic mass is 16.6. The molecule has 0 spiro atoms. The molecule has 43 heavy (non-hydrogen) atoms. The molecular weight excluding hydrogens is 556 g/mol. The number of benzene rings is 1. The predicted molar refractivity (Wildman–Crippen MR) is 154 cm³/mol. The molecule has 0 amide bonds. The van der Waals surface area contributed by atoms with Crippen molar-refractivity contribution in [1.29, 1.82) is 0 Å². The molecule has 0 heterocycles. The van der Waals surface area contributed by atoms with E-state index in [0.717, 1.165) is 0 Å². The molecule has 3 aliphatic rings. The van der Waals surface area contributed by atoms with Crippen LogP contribution < -0.4 is 0 Å². The number of aliphatic hydroxyl groups is 2. The van der Waals surface area contributed by atoms with Crippen molar-refractivity contribution >= 4 is 23.9 Å². The Morgan fingerprint density at radius 1 is 0.884 bits per heavy atom. The molecule has 0 aliphatic heterocycles. The van der Waals surface area contributed by atoms with Crippen molar-refractivity contribution in [3.05, 3.63) is 59.2 Å². The highest BCUT2D eigenvalue weighted by Crippen LogP contribution is 2.62. The van der Waals surface area contributed by atoms with Gasteiger partial charge in [-0.3, -0.25) is 14.4 Å². The number of rotatable bonds is 5. The van der Waals surface area contributed by atoms with Crippen LogP contribution >= 0.6 is 0 Å². The average Bonchev–Trinajstić information content (AvgIpc) is 2.90. The molecule has 0 aromatic heterocycles. The van der Waals surface area contributed by atoms with Crippen molar-refractivity contribution in [1.82, 2.24) is 0 Å². The molecule has 1 aromatic carbocycles. The van der Waals surface area contributed by atoms with E-state index in [4.69, 9.17) is 18.9 Å². The summed E-state index contributed by atoms with van der Waals surface area (Å²) in [5, 5.41) is 23.8. The molecule has 234 valence electrons. The van der Waals surface area contributed by atoms with Gasteiger partial charge in [0.2, 0.25) is 0 Å². The lowest BCUT2D eigenvalue weighted by Crippen LogP contribution is -2.68. The Morgan fingerprint density at radius 2 is 1.47 bits per heavy atom. The summed E-state index contributed by atoms with van der Waals surface area (Å²) in [7, 11) is 0. The van der Waals surface area contributed by atoms with Gasteiger partial charge in [-0.15, -0.1) is 0 Å². The molecule has 0 unspecified atom stereocenters. The first-order chi connectivity index (χ1) is 19.9. The topological polar surface area (TPSA) is 146 Å². The highest BCUT2D eigenvalue weighted by Gasteiger charge is 2.67. The molecule has 2 fully saturated rings. The second-order valence-electron chi connectivity index (χ2n) is 12.8. The summed E-state index contributed by atoms with van der Waals surface area (Å²) in [5.74, 6) is -3.36. The first-order valence-corrected chi connectivity index (χ1v) is 14.5. The van der Waals surface area contributed by atoms with Crippen LogP contribution in [0, 0.1) is 16.7 Å². The van der Waals surface area contributed by atoms with Crippen LogP contribution in [0.5, 0.6) is 0 Å². The zero-order chi connectivity index (χ0) is 32.1. The van der Waals surface area contributed by atoms with Gasteiger partial charge < -0.3 is 29.2 Å². The second kappa shape index (κ2) is 11.5. The normalized spacial score (nSPS) is 35.0. The van der Waals surface area contributed by atoms with Gasteiger partial charge in [0.25, 0.3) is 0 Å². The van der Waals surface area contributed by atoms with Gasteiger partial charge in [-0.2, -0.15) is 0 Å². The van der Waals surface area contributed by atoms with Crippen molar-refractivity contribution in [3.63, 3.8) is 0 Å². The minimum absolute atomic E-state index is 0.00905. The zero-order valence-electron chi connectivity index (χ0n) is 25.8. The molecule has 1 aromatic rings. The summed E-state index contributed by atoms with van der Waals surface area (Å²) in [6.07, 6.45) is -5.60. The fraction of sp³-hybridized carbons (Fsp3) is 0.576. The quantitative estimate of drug-likeness (QED) is 0.291. The van der Waals surface area contributed by atoms with Crippen LogP contribution in [-0.4, -0.2) is 70.2 Å². The van der Waals surface area contributed by atoms with Crippen molar-refractivity contribution in [3.8, 4) is 0 Å². The van der Waals surface area contributed by atoms with E-state index >= 15 is 0 Å². The maximum absolute atomic E-state index is 13.4. The highest BCUT2D eigenvalue weighted by molar-refractivity contribution is 5.89. The monoisotopic (exact) mass is 598 g/mol. The Kier molecular flexibility index (Phi) is 8.70. The van der Waals surface area contributed by atoms with E-state index in [1.165, 1.54) is 20.8 Å². The van der Waals surface area contributed by atoms with E-state index in [0.29, 0.717) is 16.7 Å². The van der Waals surface area contributed by atoms with E-state index < -0.39 is 76.7 Å². The fourth-order valence-corrected chi connectivity index (χ4v) is 7.51. The van der Waals surface area contributed by atoms with Gasteiger partial charge in [-0.1, -0.05) is 45.5 Å². The molecule has 2 N–H and O–H groups in total. The third kappa shape index (κ3) is 5.62. The Bertz CT molecular complexity index is 1350. The summed E-state index contributed by atoms with van der Waals surface area (Å²) in [4.78, 5) is 51.0. The van der Waals surface area contributed by atoms with Crippen molar-refractivity contribution < 1.29 is 48.3 Å². The van der Waals surface area contributed by atoms with Gasteiger partial charge >= 0.3 is 23.9 Å². The number of aliphatic hydroxyl groups excluding tert-OH is 1. The first kappa shape index (κ1) is 32.4. The lowest BCUT2D eigenvalue weighted by Gasteiger charge is -2.61. The summed E-state index contributed by atoms with van der Waals surface area (Å²) >= 11 is 0. The van der Waals surface area contributed by atoms with Gasteiger partial charge in [0.05, 0.1) is 22.7 Å². The Hall–Kier alpha value is -3.50. The Morgan fingerprint density at radius 3 is 2.02 bits per heavy atom. The van der Waals surface area contributed by atoms with Crippen molar-refractivity contribution in [2.75, 3.05) is 0 Å². The van der Waals surface area contributed by atoms with Gasteiger partial charge in [0, 0.05) is 39.0 Å². The number of ether oxygens (including phenoxy) is 4. The maximum Gasteiger partial charge on any atom is 0.338 e. The van der Waals surface area contributed by atoms with E-state index in [-0.39, 0.29) is 24.8 Å². The summed E-state index contributed by atoms with van der Waals surface area (Å²) in [6, 6.07) is 8.35. The third-order valence-electron chi connectivity index (χ3n) is 9.89. The lowest BCUT2D eigenvalue weighted by atomic mass is 9.48. The molecule has 2 bridgehead atoms.